The summed E-state index contributed by atoms with van der Waals surface area (Å²) in [5.74, 6) is -3.01. The van der Waals surface area contributed by atoms with Crippen LogP contribution < -0.4 is 21.7 Å². The topological polar surface area (TPSA) is 185 Å². The molecule has 3 aliphatic rings. The lowest BCUT2D eigenvalue weighted by atomic mass is 9.85. The number of ketones is 1. The molecule has 1 aliphatic heterocycles. The predicted octanol–water partition coefficient (Wildman–Crippen LogP) is 2.54. The fourth-order valence-electron chi connectivity index (χ4n) is 7.10. The lowest BCUT2D eigenvalue weighted by Crippen LogP contribution is -2.63. The van der Waals surface area contributed by atoms with Crippen LogP contribution in [0.3, 0.4) is 0 Å². The molecule has 46 heavy (non-hydrogen) atoms. The molecule has 0 bridgehead atoms. The van der Waals surface area contributed by atoms with Crippen molar-refractivity contribution >= 4 is 39.4 Å². The van der Waals surface area contributed by atoms with Crippen LogP contribution in [-0.2, 0) is 29.0 Å². The molecule has 4 unspecified atom stereocenters. The Hall–Kier alpha value is -2.70. The van der Waals surface area contributed by atoms with Crippen molar-refractivity contribution < 1.29 is 32.4 Å². The van der Waals surface area contributed by atoms with Crippen LogP contribution in [0.5, 0.6) is 0 Å². The first-order chi connectivity index (χ1) is 20.7. The van der Waals surface area contributed by atoms with E-state index in [0.717, 1.165) is 12.8 Å². The average molecular weight is 668 g/mol. The zero-order chi connectivity index (χ0) is 35.4. The summed E-state index contributed by atoms with van der Waals surface area (Å²) in [7, 11) is -3.60. The van der Waals surface area contributed by atoms with Gasteiger partial charge in [-0.05, 0) is 75.0 Å². The molecule has 3 fully saturated rings. The highest BCUT2D eigenvalue weighted by molar-refractivity contribution is 7.92. The standard InChI is InChI=1S/C33H57N5O7S/c1-18(2)15-33(11,17-46(44,45)31(6,7)8)37-29(43)36-25(30(3,4)5)28(42)38-16-20-22(32(20,9)10)23(38)27(41)35-21(14-19-12-13-19)24(39)26(34)40/h18-23,25H,12-17H2,1-11H3,(H2,34,40)(H,35,41)(H2,36,37,43)/t20?,21?,22?,23-,25+,33?/m0/s1. The number of primary amides is 1. The molecule has 0 radical (unpaired) electrons. The molecule has 0 aromatic heterocycles. The molecule has 5 amide bonds. The number of piperidine rings is 1. The van der Waals surface area contributed by atoms with E-state index in [-0.39, 0.29) is 34.8 Å². The minimum absolute atomic E-state index is 0.0484. The number of nitrogens with two attached hydrogens (primary N) is 1. The SMILES string of the molecule is CC(C)CC(C)(CS(=O)(=O)C(C)(C)C)NC(=O)N[C@H](C(=O)N1CC2C([C@H]1C(=O)NC(CC1CC1)C(=O)C(N)=O)C2(C)C)C(C)(C)C. The largest absolute Gasteiger partial charge is 0.363 e. The lowest BCUT2D eigenvalue weighted by Gasteiger charge is -2.39. The molecule has 0 aromatic carbocycles. The maximum Gasteiger partial charge on any atom is 0.315 e. The Kier molecular flexibility index (Phi) is 10.4. The number of sulfone groups is 1. The van der Waals surface area contributed by atoms with Crippen molar-refractivity contribution in [2.75, 3.05) is 12.3 Å². The Bertz CT molecular complexity index is 1340. The molecular formula is C33H57N5O7S. The highest BCUT2D eigenvalue weighted by atomic mass is 32.2. The zero-order valence-corrected chi connectivity index (χ0v) is 30.4. The van der Waals surface area contributed by atoms with E-state index in [1.165, 1.54) is 4.90 Å². The van der Waals surface area contributed by atoms with Crippen molar-refractivity contribution in [2.24, 2.45) is 40.2 Å². The third-order valence-electron chi connectivity index (χ3n) is 10.0. The van der Waals surface area contributed by atoms with Gasteiger partial charge in [-0.25, -0.2) is 13.2 Å². The van der Waals surface area contributed by atoms with Crippen LogP contribution >= 0.6 is 0 Å². The lowest BCUT2D eigenvalue weighted by molar-refractivity contribution is -0.145. The normalized spacial score (nSPS) is 25.1. The van der Waals surface area contributed by atoms with Gasteiger partial charge in [-0.15, -0.1) is 0 Å². The molecule has 6 atom stereocenters. The van der Waals surface area contributed by atoms with Crippen molar-refractivity contribution in [1.82, 2.24) is 20.9 Å². The molecule has 3 rings (SSSR count). The second-order valence-electron chi connectivity index (χ2n) is 17.3. The van der Waals surface area contributed by atoms with E-state index in [9.17, 15) is 32.4 Å². The first-order valence-corrected chi connectivity index (χ1v) is 18.1. The first-order valence-electron chi connectivity index (χ1n) is 16.5. The minimum Gasteiger partial charge on any atom is -0.363 e. The summed E-state index contributed by atoms with van der Waals surface area (Å²) in [6.07, 6.45) is 2.52. The Morgan fingerprint density at radius 1 is 0.957 bits per heavy atom. The van der Waals surface area contributed by atoms with Crippen molar-refractivity contribution in [3.63, 3.8) is 0 Å². The molecular weight excluding hydrogens is 610 g/mol. The van der Waals surface area contributed by atoms with E-state index < -0.39 is 73.2 Å². The average Bonchev–Trinajstić information content (AvgIpc) is 3.70. The number of hydrogen-bond donors (Lipinski definition) is 4. The highest BCUT2D eigenvalue weighted by Crippen LogP contribution is 2.65. The van der Waals surface area contributed by atoms with Gasteiger partial charge in [0.1, 0.15) is 12.1 Å². The van der Waals surface area contributed by atoms with Gasteiger partial charge in [0, 0.05) is 6.54 Å². The van der Waals surface area contributed by atoms with E-state index in [1.807, 2.05) is 27.7 Å². The highest BCUT2D eigenvalue weighted by Gasteiger charge is 2.70. The number of urea groups is 1. The maximum absolute atomic E-state index is 14.3. The minimum atomic E-state index is -3.60. The molecule has 5 N–H and O–H groups in total. The monoisotopic (exact) mass is 667 g/mol. The van der Waals surface area contributed by atoms with Gasteiger partial charge in [0.15, 0.2) is 9.84 Å². The van der Waals surface area contributed by atoms with Crippen molar-refractivity contribution in [1.29, 1.82) is 0 Å². The van der Waals surface area contributed by atoms with E-state index in [1.54, 1.807) is 48.5 Å². The van der Waals surface area contributed by atoms with Gasteiger partial charge in [-0.1, -0.05) is 61.3 Å². The summed E-state index contributed by atoms with van der Waals surface area (Å²) in [5, 5.41) is 8.45. The van der Waals surface area contributed by atoms with Crippen molar-refractivity contribution in [2.45, 2.75) is 130 Å². The Morgan fingerprint density at radius 2 is 1.52 bits per heavy atom. The number of Topliss-reactive ketones (excluding diaryl/α,β-unsaturated/α-hetero) is 1. The molecule has 13 heteroatoms. The van der Waals surface area contributed by atoms with Gasteiger partial charge < -0.3 is 26.6 Å². The molecule has 262 valence electrons. The molecule has 0 aromatic rings. The number of hydrogen-bond acceptors (Lipinski definition) is 7. The third kappa shape index (κ3) is 8.41. The number of amides is 5. The summed E-state index contributed by atoms with van der Waals surface area (Å²) < 4.78 is 25.3. The van der Waals surface area contributed by atoms with E-state index in [4.69, 9.17) is 5.73 Å². The number of nitrogens with one attached hydrogen (secondary N) is 3. The Labute approximate surface area is 275 Å². The summed E-state index contributed by atoms with van der Waals surface area (Å²) in [5.41, 5.74) is 3.19. The molecule has 1 saturated heterocycles. The zero-order valence-electron chi connectivity index (χ0n) is 29.6. The van der Waals surface area contributed by atoms with Gasteiger partial charge >= 0.3 is 6.03 Å². The predicted molar refractivity (Wildman–Crippen MR) is 176 cm³/mol. The number of carbonyl (C=O) groups excluding carboxylic acids is 5. The summed E-state index contributed by atoms with van der Waals surface area (Å²) in [4.78, 5) is 67.6. The number of nitrogens with zero attached hydrogens (tertiary/aromatic N) is 1. The van der Waals surface area contributed by atoms with E-state index in [2.05, 4.69) is 16.0 Å². The smallest absolute Gasteiger partial charge is 0.315 e. The summed E-state index contributed by atoms with van der Waals surface area (Å²) >= 11 is 0. The number of fused-ring (bicyclic) bond motifs is 1. The van der Waals surface area contributed by atoms with Gasteiger partial charge in [0.25, 0.3) is 5.91 Å². The summed E-state index contributed by atoms with van der Waals surface area (Å²) in [6, 6.07) is -3.68. The quantitative estimate of drug-likeness (QED) is 0.218. The van der Waals surface area contributed by atoms with Gasteiger partial charge in [-0.2, -0.15) is 0 Å². The number of carbonyl (C=O) groups is 5. The maximum atomic E-state index is 14.3. The van der Waals surface area contributed by atoms with Crippen LogP contribution in [0.4, 0.5) is 4.79 Å². The van der Waals surface area contributed by atoms with Crippen LogP contribution in [-0.4, -0.2) is 83.6 Å². The number of likely N-dealkylation sites (tertiary alicyclic amines) is 1. The van der Waals surface area contributed by atoms with Crippen LogP contribution in [0, 0.1) is 34.5 Å². The molecule has 0 spiro atoms. The third-order valence-corrected chi connectivity index (χ3v) is 12.9. The van der Waals surface area contributed by atoms with Crippen LogP contribution in [0.25, 0.3) is 0 Å². The van der Waals surface area contributed by atoms with Crippen molar-refractivity contribution in [3.8, 4) is 0 Å². The van der Waals surface area contributed by atoms with E-state index in [0.29, 0.717) is 19.4 Å². The second kappa shape index (κ2) is 12.7. The second-order valence-corrected chi connectivity index (χ2v) is 20.0. The van der Waals surface area contributed by atoms with Crippen LogP contribution in [0.2, 0.25) is 0 Å². The van der Waals surface area contributed by atoms with Crippen LogP contribution in [0.15, 0.2) is 0 Å². The number of rotatable bonds is 13. The molecule has 2 aliphatic carbocycles. The van der Waals surface area contributed by atoms with Crippen LogP contribution in [0.1, 0.15) is 102 Å². The van der Waals surface area contributed by atoms with Gasteiger partial charge in [0.2, 0.25) is 17.6 Å². The van der Waals surface area contributed by atoms with E-state index >= 15 is 0 Å². The molecule has 12 nitrogen and oxygen atoms in total. The Morgan fingerprint density at radius 3 is 1.98 bits per heavy atom. The van der Waals surface area contributed by atoms with Crippen molar-refractivity contribution in [3.05, 3.63) is 0 Å². The molecule has 2 saturated carbocycles. The Balaban J connectivity index is 1.86. The fraction of sp³-hybridized carbons (Fsp3) is 0.848. The first kappa shape index (κ1) is 37.8. The fourth-order valence-corrected chi connectivity index (χ4v) is 8.56. The summed E-state index contributed by atoms with van der Waals surface area (Å²) in [6.45, 7) is 20.3. The van der Waals surface area contributed by atoms with Gasteiger partial charge in [0.05, 0.1) is 22.1 Å². The van der Waals surface area contributed by atoms with Gasteiger partial charge in [-0.3, -0.25) is 19.2 Å². The molecule has 1 heterocycles.